The molecule has 0 saturated heterocycles. The van der Waals surface area contributed by atoms with Crippen LogP contribution in [0.4, 0.5) is 0 Å². The van der Waals surface area contributed by atoms with Crippen molar-refractivity contribution in [2.75, 3.05) is 34.0 Å². The Morgan fingerprint density at radius 2 is 1.76 bits per heavy atom. The van der Waals surface area contributed by atoms with Crippen molar-refractivity contribution < 1.29 is 28.5 Å². The van der Waals surface area contributed by atoms with Gasteiger partial charge in [-0.15, -0.1) is 0 Å². The predicted octanol–water partition coefficient (Wildman–Crippen LogP) is 2.10. The molecule has 0 radical (unpaired) electrons. The number of Topliss-reactive ketones (excluding diaryl/α,β-unsaturated/α-hetero) is 1. The summed E-state index contributed by atoms with van der Waals surface area (Å²) in [6.45, 7) is 3.95. The zero-order valence-electron chi connectivity index (χ0n) is 12.7. The molecule has 0 fully saturated rings. The van der Waals surface area contributed by atoms with Crippen LogP contribution in [0, 0.1) is 0 Å². The van der Waals surface area contributed by atoms with Crippen molar-refractivity contribution in [2.24, 2.45) is 0 Å². The molecule has 0 aromatic heterocycles. The van der Waals surface area contributed by atoms with Crippen molar-refractivity contribution in [1.29, 1.82) is 0 Å². The molecule has 0 amide bonds. The van der Waals surface area contributed by atoms with E-state index in [1.807, 2.05) is 0 Å². The fourth-order valence-electron chi connectivity index (χ4n) is 1.78. The molecule has 0 atom stereocenters. The lowest BCUT2D eigenvalue weighted by molar-refractivity contribution is 0.0516. The number of esters is 1. The number of hydrogen-bond donors (Lipinski definition) is 0. The summed E-state index contributed by atoms with van der Waals surface area (Å²) in [5, 5.41) is 0. The van der Waals surface area contributed by atoms with Gasteiger partial charge in [-0.3, -0.25) is 4.79 Å². The SMILES string of the molecule is CCOCC(=O)c1cc(OC)cc(OC)c1C(=O)OCC. The van der Waals surface area contributed by atoms with Crippen molar-refractivity contribution in [2.45, 2.75) is 13.8 Å². The molecule has 0 aliphatic heterocycles. The van der Waals surface area contributed by atoms with E-state index in [0.717, 1.165) is 0 Å². The van der Waals surface area contributed by atoms with Gasteiger partial charge < -0.3 is 18.9 Å². The largest absolute Gasteiger partial charge is 0.497 e. The normalized spacial score (nSPS) is 10.1. The average molecular weight is 296 g/mol. The maximum Gasteiger partial charge on any atom is 0.342 e. The molecule has 0 heterocycles. The van der Waals surface area contributed by atoms with Gasteiger partial charge in [-0.05, 0) is 19.9 Å². The van der Waals surface area contributed by atoms with Crippen molar-refractivity contribution in [3.05, 3.63) is 23.3 Å². The highest BCUT2D eigenvalue weighted by atomic mass is 16.5. The molecule has 21 heavy (non-hydrogen) atoms. The molecule has 0 N–H and O–H groups in total. The molecule has 1 aromatic carbocycles. The Hall–Kier alpha value is -2.08. The lowest BCUT2D eigenvalue weighted by Gasteiger charge is -2.14. The van der Waals surface area contributed by atoms with Crippen LogP contribution >= 0.6 is 0 Å². The summed E-state index contributed by atoms with van der Waals surface area (Å²) < 4.78 is 20.4. The fraction of sp³-hybridized carbons (Fsp3) is 0.467. The number of hydrogen-bond acceptors (Lipinski definition) is 6. The molecule has 0 saturated carbocycles. The van der Waals surface area contributed by atoms with E-state index < -0.39 is 5.97 Å². The molecule has 0 aliphatic carbocycles. The van der Waals surface area contributed by atoms with Crippen molar-refractivity contribution in [3.8, 4) is 11.5 Å². The van der Waals surface area contributed by atoms with E-state index in [1.54, 1.807) is 13.8 Å². The number of ether oxygens (including phenoxy) is 4. The molecule has 0 unspecified atom stereocenters. The van der Waals surface area contributed by atoms with Gasteiger partial charge >= 0.3 is 5.97 Å². The van der Waals surface area contributed by atoms with E-state index in [2.05, 4.69) is 0 Å². The van der Waals surface area contributed by atoms with Crippen LogP contribution in [0.1, 0.15) is 34.6 Å². The van der Waals surface area contributed by atoms with Gasteiger partial charge in [-0.1, -0.05) is 0 Å². The standard InChI is InChI=1S/C15H20O6/c1-5-20-9-12(16)11-7-10(18-3)8-13(19-4)14(11)15(17)21-6-2/h7-8H,5-6,9H2,1-4H3. The van der Waals surface area contributed by atoms with Crippen LogP contribution in [-0.4, -0.2) is 45.8 Å². The minimum absolute atomic E-state index is 0.0878. The second kappa shape index (κ2) is 8.26. The summed E-state index contributed by atoms with van der Waals surface area (Å²) in [6, 6.07) is 3.01. The minimum Gasteiger partial charge on any atom is -0.497 e. The number of carbonyl (C=O) groups excluding carboxylic acids is 2. The van der Waals surface area contributed by atoms with Crippen LogP contribution in [0.5, 0.6) is 11.5 Å². The monoisotopic (exact) mass is 296 g/mol. The Morgan fingerprint density at radius 1 is 1.05 bits per heavy atom. The van der Waals surface area contributed by atoms with E-state index in [1.165, 1.54) is 26.4 Å². The van der Waals surface area contributed by atoms with Crippen LogP contribution < -0.4 is 9.47 Å². The number of methoxy groups -OCH3 is 2. The highest BCUT2D eigenvalue weighted by Crippen LogP contribution is 2.30. The maximum absolute atomic E-state index is 12.2. The van der Waals surface area contributed by atoms with Gasteiger partial charge in [-0.2, -0.15) is 0 Å². The van der Waals surface area contributed by atoms with Gasteiger partial charge in [0.1, 0.15) is 23.7 Å². The summed E-state index contributed by atoms with van der Waals surface area (Å²) >= 11 is 0. The Bertz CT molecular complexity index is 509. The van der Waals surface area contributed by atoms with Gasteiger partial charge in [0.25, 0.3) is 0 Å². The second-order valence-electron chi connectivity index (χ2n) is 4.03. The number of ketones is 1. The van der Waals surface area contributed by atoms with Gasteiger partial charge in [0.15, 0.2) is 5.78 Å². The number of rotatable bonds is 8. The first-order valence-corrected chi connectivity index (χ1v) is 6.63. The lowest BCUT2D eigenvalue weighted by atomic mass is 10.0. The van der Waals surface area contributed by atoms with E-state index in [-0.39, 0.29) is 35.9 Å². The maximum atomic E-state index is 12.2. The van der Waals surface area contributed by atoms with E-state index >= 15 is 0 Å². The highest BCUT2D eigenvalue weighted by Gasteiger charge is 2.24. The van der Waals surface area contributed by atoms with Gasteiger partial charge in [0, 0.05) is 18.2 Å². The molecule has 6 heteroatoms. The van der Waals surface area contributed by atoms with Gasteiger partial charge in [0.2, 0.25) is 0 Å². The summed E-state index contributed by atoms with van der Waals surface area (Å²) in [5.74, 6) is -0.304. The third-order valence-corrected chi connectivity index (χ3v) is 2.75. The van der Waals surface area contributed by atoms with E-state index in [9.17, 15) is 9.59 Å². The molecular weight excluding hydrogens is 276 g/mol. The van der Waals surface area contributed by atoms with Crippen LogP contribution in [0.15, 0.2) is 12.1 Å². The highest BCUT2D eigenvalue weighted by molar-refractivity contribution is 6.09. The minimum atomic E-state index is -0.614. The summed E-state index contributed by atoms with van der Waals surface area (Å²) in [6.07, 6.45) is 0. The quantitative estimate of drug-likeness (QED) is 0.540. The second-order valence-corrected chi connectivity index (χ2v) is 4.03. The summed E-state index contributed by atoms with van der Waals surface area (Å²) in [7, 11) is 2.88. The first-order valence-electron chi connectivity index (χ1n) is 6.63. The Balaban J connectivity index is 3.34. The van der Waals surface area contributed by atoms with Crippen LogP contribution in [0.3, 0.4) is 0 Å². The smallest absolute Gasteiger partial charge is 0.342 e. The molecule has 6 nitrogen and oxygen atoms in total. The zero-order valence-corrected chi connectivity index (χ0v) is 12.7. The summed E-state index contributed by atoms with van der Waals surface area (Å²) in [5.41, 5.74) is 0.253. The molecule has 0 aliphatic rings. The average Bonchev–Trinajstić information content (AvgIpc) is 2.51. The number of benzene rings is 1. The molecule has 1 aromatic rings. The van der Waals surface area contributed by atoms with Crippen molar-refractivity contribution >= 4 is 11.8 Å². The Morgan fingerprint density at radius 3 is 2.29 bits per heavy atom. The van der Waals surface area contributed by atoms with Gasteiger partial charge in [-0.25, -0.2) is 4.79 Å². The zero-order chi connectivity index (χ0) is 15.8. The third-order valence-electron chi connectivity index (χ3n) is 2.75. The van der Waals surface area contributed by atoms with Crippen molar-refractivity contribution in [3.63, 3.8) is 0 Å². The number of carbonyl (C=O) groups is 2. The topological polar surface area (TPSA) is 71.1 Å². The Kier molecular flexibility index (Phi) is 6.68. The summed E-state index contributed by atoms with van der Waals surface area (Å²) in [4.78, 5) is 24.3. The first-order chi connectivity index (χ1) is 10.1. The van der Waals surface area contributed by atoms with Gasteiger partial charge in [0.05, 0.1) is 20.8 Å². The lowest BCUT2D eigenvalue weighted by Crippen LogP contribution is -2.17. The Labute approximate surface area is 123 Å². The molecule has 116 valence electrons. The van der Waals surface area contributed by atoms with E-state index in [0.29, 0.717) is 12.4 Å². The fourth-order valence-corrected chi connectivity index (χ4v) is 1.78. The molecule has 1 rings (SSSR count). The van der Waals surface area contributed by atoms with E-state index in [4.69, 9.17) is 18.9 Å². The van der Waals surface area contributed by atoms with Crippen molar-refractivity contribution in [1.82, 2.24) is 0 Å². The van der Waals surface area contributed by atoms with Crippen LogP contribution in [0.25, 0.3) is 0 Å². The first kappa shape index (κ1) is 17.0. The van der Waals surface area contributed by atoms with Crippen LogP contribution in [0.2, 0.25) is 0 Å². The molecular formula is C15H20O6. The van der Waals surface area contributed by atoms with Crippen LogP contribution in [-0.2, 0) is 9.47 Å². The molecule has 0 bridgehead atoms. The third kappa shape index (κ3) is 4.19. The predicted molar refractivity (Wildman–Crippen MR) is 76.3 cm³/mol. The molecule has 0 spiro atoms.